The summed E-state index contributed by atoms with van der Waals surface area (Å²) < 4.78 is 13.7. The van der Waals surface area contributed by atoms with Gasteiger partial charge < -0.3 is 24.3 Å². The third kappa shape index (κ3) is 4.09. The number of fused-ring (bicyclic) bond motifs is 2. The highest BCUT2D eigenvalue weighted by Crippen LogP contribution is 2.40. The molecule has 2 aliphatic heterocycles. The minimum Gasteiger partial charge on any atom is -0.497 e. The molecule has 8 heteroatoms. The summed E-state index contributed by atoms with van der Waals surface area (Å²) in [6, 6.07) is 16.5. The SMILES string of the molecule is COc1cccc(C(=O)N2CCC3(CC2)O[C@H](C(=O)Nc2ccccc2)Cn2ccnc23)c1. The van der Waals surface area contributed by atoms with E-state index in [1.54, 1.807) is 25.4 Å². The molecule has 2 amide bonds. The van der Waals surface area contributed by atoms with Crippen LogP contribution in [0.25, 0.3) is 0 Å². The maximum Gasteiger partial charge on any atom is 0.255 e. The normalized spacial score (nSPS) is 19.1. The summed E-state index contributed by atoms with van der Waals surface area (Å²) in [5.41, 5.74) is 0.623. The van der Waals surface area contributed by atoms with E-state index in [0.29, 0.717) is 43.8 Å². The van der Waals surface area contributed by atoms with E-state index in [2.05, 4.69) is 10.3 Å². The molecule has 0 aliphatic carbocycles. The number of carbonyl (C=O) groups excluding carboxylic acids is 2. The van der Waals surface area contributed by atoms with Gasteiger partial charge in [0.1, 0.15) is 17.2 Å². The summed E-state index contributed by atoms with van der Waals surface area (Å²) in [5, 5.41) is 2.94. The number of nitrogens with zero attached hydrogens (tertiary/aromatic N) is 3. The molecule has 1 saturated heterocycles. The number of hydrogen-bond donors (Lipinski definition) is 1. The number of amides is 2. The number of para-hydroxylation sites is 1. The smallest absolute Gasteiger partial charge is 0.255 e. The first-order valence-corrected chi connectivity index (χ1v) is 11.1. The van der Waals surface area contributed by atoms with Gasteiger partial charge in [0, 0.05) is 49.6 Å². The van der Waals surface area contributed by atoms with E-state index in [-0.39, 0.29) is 11.8 Å². The number of likely N-dealkylation sites (tertiary alicyclic amines) is 1. The fourth-order valence-corrected chi connectivity index (χ4v) is 4.63. The van der Waals surface area contributed by atoms with Crippen LogP contribution in [0.15, 0.2) is 67.0 Å². The first kappa shape index (κ1) is 21.2. The Labute approximate surface area is 192 Å². The molecular formula is C25H26N4O4. The van der Waals surface area contributed by atoms with Crippen molar-refractivity contribution in [2.75, 3.05) is 25.5 Å². The monoisotopic (exact) mass is 446 g/mol. The number of ether oxygens (including phenoxy) is 2. The van der Waals surface area contributed by atoms with Gasteiger partial charge in [-0.15, -0.1) is 0 Å². The Kier molecular flexibility index (Phi) is 5.60. The Bertz CT molecular complexity index is 1150. The predicted molar refractivity (Wildman–Crippen MR) is 122 cm³/mol. The van der Waals surface area contributed by atoms with Crippen molar-refractivity contribution in [2.24, 2.45) is 0 Å². The molecule has 0 saturated carbocycles. The molecular weight excluding hydrogens is 420 g/mol. The molecule has 1 aromatic heterocycles. The largest absolute Gasteiger partial charge is 0.497 e. The number of aromatic nitrogens is 2. The van der Waals surface area contributed by atoms with Gasteiger partial charge in [0.25, 0.3) is 11.8 Å². The summed E-state index contributed by atoms with van der Waals surface area (Å²) >= 11 is 0. The van der Waals surface area contributed by atoms with E-state index < -0.39 is 11.7 Å². The van der Waals surface area contributed by atoms with E-state index in [0.717, 1.165) is 11.5 Å². The molecule has 8 nitrogen and oxygen atoms in total. The highest BCUT2D eigenvalue weighted by molar-refractivity contribution is 5.95. The summed E-state index contributed by atoms with van der Waals surface area (Å²) in [7, 11) is 1.58. The number of benzene rings is 2. The van der Waals surface area contributed by atoms with Crippen LogP contribution in [0.1, 0.15) is 29.0 Å². The number of imidazole rings is 1. The molecule has 0 bridgehead atoms. The Morgan fingerprint density at radius 2 is 1.91 bits per heavy atom. The van der Waals surface area contributed by atoms with Crippen LogP contribution in [0.4, 0.5) is 5.69 Å². The molecule has 3 heterocycles. The molecule has 1 atom stereocenters. The number of nitrogens with one attached hydrogen (secondary N) is 1. The molecule has 3 aromatic rings. The molecule has 1 spiro atoms. The van der Waals surface area contributed by atoms with Crippen LogP contribution in [0, 0.1) is 0 Å². The number of methoxy groups -OCH3 is 1. The second-order valence-electron chi connectivity index (χ2n) is 8.38. The van der Waals surface area contributed by atoms with Gasteiger partial charge in [0.05, 0.1) is 13.7 Å². The third-order valence-corrected chi connectivity index (χ3v) is 6.36. The second-order valence-corrected chi connectivity index (χ2v) is 8.38. The van der Waals surface area contributed by atoms with E-state index in [1.807, 2.05) is 58.1 Å². The van der Waals surface area contributed by atoms with Crippen LogP contribution in [0.5, 0.6) is 5.75 Å². The molecule has 1 fully saturated rings. The Balaban J connectivity index is 1.32. The van der Waals surface area contributed by atoms with Crippen molar-refractivity contribution in [3.63, 3.8) is 0 Å². The maximum atomic E-state index is 13.1. The van der Waals surface area contributed by atoms with Gasteiger partial charge in [-0.1, -0.05) is 24.3 Å². The van der Waals surface area contributed by atoms with E-state index in [1.165, 1.54) is 0 Å². The maximum absolute atomic E-state index is 13.1. The van der Waals surface area contributed by atoms with Crippen molar-refractivity contribution in [2.45, 2.75) is 31.1 Å². The highest BCUT2D eigenvalue weighted by Gasteiger charge is 2.47. The summed E-state index contributed by atoms with van der Waals surface area (Å²) in [5.74, 6) is 1.25. The number of rotatable bonds is 4. The van der Waals surface area contributed by atoms with Crippen molar-refractivity contribution >= 4 is 17.5 Å². The minimum atomic E-state index is -0.703. The lowest BCUT2D eigenvalue weighted by Crippen LogP contribution is -2.54. The molecule has 1 N–H and O–H groups in total. The summed E-state index contributed by atoms with van der Waals surface area (Å²) in [6.45, 7) is 1.42. The molecule has 5 rings (SSSR count). The van der Waals surface area contributed by atoms with Gasteiger partial charge in [-0.2, -0.15) is 0 Å². The lowest BCUT2D eigenvalue weighted by atomic mass is 9.88. The second kappa shape index (κ2) is 8.71. The molecule has 0 radical (unpaired) electrons. The van der Waals surface area contributed by atoms with Gasteiger partial charge in [0.2, 0.25) is 0 Å². The summed E-state index contributed by atoms with van der Waals surface area (Å²) in [4.78, 5) is 32.4. The number of carbonyl (C=O) groups is 2. The third-order valence-electron chi connectivity index (χ3n) is 6.36. The fourth-order valence-electron chi connectivity index (χ4n) is 4.63. The quantitative estimate of drug-likeness (QED) is 0.666. The zero-order valence-electron chi connectivity index (χ0n) is 18.4. The van der Waals surface area contributed by atoms with Crippen molar-refractivity contribution in [3.05, 3.63) is 78.4 Å². The van der Waals surface area contributed by atoms with Crippen LogP contribution in [-0.2, 0) is 21.7 Å². The first-order chi connectivity index (χ1) is 16.1. The molecule has 33 heavy (non-hydrogen) atoms. The predicted octanol–water partition coefficient (Wildman–Crippen LogP) is 3.06. The van der Waals surface area contributed by atoms with Gasteiger partial charge in [0.15, 0.2) is 6.10 Å². The average Bonchev–Trinajstić information content (AvgIpc) is 3.35. The lowest BCUT2D eigenvalue weighted by Gasteiger charge is -2.45. The van der Waals surface area contributed by atoms with Crippen LogP contribution in [-0.4, -0.2) is 52.6 Å². The fraction of sp³-hybridized carbons (Fsp3) is 0.320. The van der Waals surface area contributed by atoms with Gasteiger partial charge in [-0.3, -0.25) is 9.59 Å². The number of piperidine rings is 1. The van der Waals surface area contributed by atoms with Gasteiger partial charge in [-0.25, -0.2) is 4.98 Å². The van der Waals surface area contributed by atoms with E-state index in [4.69, 9.17) is 9.47 Å². The van der Waals surface area contributed by atoms with E-state index in [9.17, 15) is 9.59 Å². The zero-order valence-corrected chi connectivity index (χ0v) is 18.4. The molecule has 2 aliphatic rings. The van der Waals surface area contributed by atoms with Crippen molar-refractivity contribution < 1.29 is 19.1 Å². The van der Waals surface area contributed by atoms with Crippen LogP contribution in [0.3, 0.4) is 0 Å². The molecule has 2 aromatic carbocycles. The molecule has 0 unspecified atom stereocenters. The van der Waals surface area contributed by atoms with E-state index >= 15 is 0 Å². The number of hydrogen-bond acceptors (Lipinski definition) is 5. The van der Waals surface area contributed by atoms with Crippen molar-refractivity contribution in [1.29, 1.82) is 0 Å². The van der Waals surface area contributed by atoms with Crippen LogP contribution in [0.2, 0.25) is 0 Å². The van der Waals surface area contributed by atoms with Crippen molar-refractivity contribution in [1.82, 2.24) is 14.5 Å². The Morgan fingerprint density at radius 3 is 2.67 bits per heavy atom. The topological polar surface area (TPSA) is 85.7 Å². The lowest BCUT2D eigenvalue weighted by molar-refractivity contribution is -0.168. The standard InChI is InChI=1S/C25H26N4O4/c1-32-20-9-5-6-18(16-20)23(31)28-13-10-25(11-14-28)24-26-12-15-29(24)17-21(33-25)22(30)27-19-7-3-2-4-8-19/h2-9,12,15-16,21H,10-11,13-14,17H2,1H3,(H,27,30)/t21-/m0/s1. The van der Waals surface area contributed by atoms with Gasteiger partial charge >= 0.3 is 0 Å². The number of anilines is 1. The van der Waals surface area contributed by atoms with Gasteiger partial charge in [-0.05, 0) is 30.3 Å². The molecule has 170 valence electrons. The summed E-state index contributed by atoms with van der Waals surface area (Å²) in [6.07, 6.45) is 4.11. The van der Waals surface area contributed by atoms with Crippen molar-refractivity contribution in [3.8, 4) is 5.75 Å². The Hall–Kier alpha value is -3.65. The zero-order chi connectivity index (χ0) is 22.8. The first-order valence-electron chi connectivity index (χ1n) is 11.1. The highest BCUT2D eigenvalue weighted by atomic mass is 16.5. The van der Waals surface area contributed by atoms with Crippen LogP contribution >= 0.6 is 0 Å². The average molecular weight is 447 g/mol. The minimum absolute atomic E-state index is 0.0405. The van der Waals surface area contributed by atoms with Crippen LogP contribution < -0.4 is 10.1 Å². The Morgan fingerprint density at radius 1 is 1.12 bits per heavy atom.